The molecule has 1 heterocycles. The van der Waals surface area contributed by atoms with E-state index in [1.165, 1.54) is 70.6 Å². The number of carbonyl (C=O) groups is 3. The van der Waals surface area contributed by atoms with Gasteiger partial charge < -0.3 is 24.8 Å². The van der Waals surface area contributed by atoms with E-state index in [0.717, 1.165) is 37.7 Å². The fraction of sp³-hybridized carbons (Fsp3) is 0.791. The Labute approximate surface area is 307 Å². The number of carboxylic acid groups (broad SMARTS) is 1. The lowest BCUT2D eigenvalue weighted by Gasteiger charge is -2.59. The molecule has 3 N–H and O–H groups in total. The van der Waals surface area contributed by atoms with Gasteiger partial charge in [-0.2, -0.15) is 0 Å². The van der Waals surface area contributed by atoms with Gasteiger partial charge in [-0.05, 0) is 88.2 Å². The lowest BCUT2D eigenvalue weighted by atomic mass is 9.46. The molecule has 8 heteroatoms. The van der Waals surface area contributed by atoms with Crippen molar-refractivity contribution >= 4 is 17.5 Å². The Morgan fingerprint density at radius 1 is 0.941 bits per heavy atom. The van der Waals surface area contributed by atoms with E-state index in [1.807, 2.05) is 6.08 Å². The van der Waals surface area contributed by atoms with Crippen LogP contribution >= 0.6 is 0 Å². The Balaban J connectivity index is 0.000000255. The third-order valence-electron chi connectivity index (χ3n) is 13.0. The average Bonchev–Trinajstić information content (AvgIpc) is 3.58. The van der Waals surface area contributed by atoms with E-state index in [1.54, 1.807) is 12.2 Å². The van der Waals surface area contributed by atoms with Gasteiger partial charge in [0.2, 0.25) is 0 Å². The van der Waals surface area contributed by atoms with Gasteiger partial charge in [0.05, 0.1) is 12.2 Å². The molecule has 3 saturated carbocycles. The normalized spacial score (nSPS) is 35.0. The first-order valence-electron chi connectivity index (χ1n) is 20.4. The molecule has 4 fully saturated rings. The summed E-state index contributed by atoms with van der Waals surface area (Å²) in [5, 5.41) is 29.9. The number of aliphatic hydroxyl groups excluding tert-OH is 2. The Hall–Kier alpha value is -2.13. The molecule has 4 aliphatic carbocycles. The second-order valence-electron chi connectivity index (χ2n) is 16.5. The predicted molar refractivity (Wildman–Crippen MR) is 200 cm³/mol. The van der Waals surface area contributed by atoms with Gasteiger partial charge in [0, 0.05) is 23.2 Å². The maximum atomic E-state index is 13.2. The van der Waals surface area contributed by atoms with Crippen LogP contribution in [0.1, 0.15) is 156 Å². The second kappa shape index (κ2) is 19.3. The summed E-state index contributed by atoms with van der Waals surface area (Å²) in [5.74, 6) is -0.637. The van der Waals surface area contributed by atoms with Crippen molar-refractivity contribution in [3.63, 3.8) is 0 Å². The predicted octanol–water partition coefficient (Wildman–Crippen LogP) is 8.83. The minimum Gasteiger partial charge on any atom is -0.481 e. The van der Waals surface area contributed by atoms with Gasteiger partial charge in [-0.1, -0.05) is 109 Å². The van der Waals surface area contributed by atoms with Crippen LogP contribution in [0.3, 0.4) is 0 Å². The van der Waals surface area contributed by atoms with E-state index >= 15 is 0 Å². The van der Waals surface area contributed by atoms with Gasteiger partial charge in [-0.15, -0.1) is 0 Å². The molecule has 1 unspecified atom stereocenters. The zero-order valence-electron chi connectivity index (χ0n) is 32.1. The van der Waals surface area contributed by atoms with Gasteiger partial charge in [0.1, 0.15) is 6.61 Å². The highest BCUT2D eigenvalue weighted by molar-refractivity contribution is 6.01. The standard InChI is InChI=1S/C25H34O6.C18H34O2/c1-4-5-21-30-20-11-17-16-7-6-14-10-15(27)8-9-23(14,2)22(16)18(28)12-24(17,3)25(20,31-21)19(29)13-26;1-2-3-4-5-6-7-8-9-10-11-12-13-14-15-16-17-18(19)20/h8-10,16-18,20-22,26,28H,4-7,11-13H2,1-3H3;9-10H,2-8,11-17H2,1H3,(H,19,20)/t16-,17-,18-,20+,21?,22+,23-,24-,25+;/m0./s1. The second-order valence-corrected chi connectivity index (χ2v) is 16.5. The average molecular weight is 713 g/mol. The number of hydrogen-bond donors (Lipinski definition) is 3. The van der Waals surface area contributed by atoms with Crippen molar-refractivity contribution < 1.29 is 39.2 Å². The number of hydrogen-bond acceptors (Lipinski definition) is 7. The van der Waals surface area contributed by atoms with Crippen LogP contribution in [0.4, 0.5) is 0 Å². The first kappa shape index (κ1) is 41.6. The molecule has 51 heavy (non-hydrogen) atoms. The van der Waals surface area contributed by atoms with Crippen LogP contribution < -0.4 is 0 Å². The summed E-state index contributed by atoms with van der Waals surface area (Å²) >= 11 is 0. The van der Waals surface area contributed by atoms with Crippen LogP contribution in [0.25, 0.3) is 0 Å². The van der Waals surface area contributed by atoms with Gasteiger partial charge >= 0.3 is 5.97 Å². The van der Waals surface area contributed by atoms with Crippen molar-refractivity contribution in [1.29, 1.82) is 0 Å². The first-order chi connectivity index (χ1) is 24.5. The Morgan fingerprint density at radius 2 is 1.59 bits per heavy atom. The van der Waals surface area contributed by atoms with E-state index in [4.69, 9.17) is 14.6 Å². The number of carboxylic acids is 1. The molecule has 5 aliphatic rings. The van der Waals surface area contributed by atoms with E-state index in [2.05, 4.69) is 39.8 Å². The molecule has 1 saturated heterocycles. The van der Waals surface area contributed by atoms with Crippen molar-refractivity contribution in [1.82, 2.24) is 0 Å². The monoisotopic (exact) mass is 712 g/mol. The number of fused-ring (bicyclic) bond motifs is 7. The molecule has 0 bridgehead atoms. The summed E-state index contributed by atoms with van der Waals surface area (Å²) in [5.41, 5.74) is -1.05. The zero-order chi connectivity index (χ0) is 37.1. The van der Waals surface area contributed by atoms with Crippen LogP contribution in [0.5, 0.6) is 0 Å². The minimum absolute atomic E-state index is 0.0125. The zero-order valence-corrected chi connectivity index (χ0v) is 32.1. The van der Waals surface area contributed by atoms with Crippen LogP contribution in [0.15, 0.2) is 36.0 Å². The number of unbranched alkanes of at least 4 members (excludes halogenated alkanes) is 11. The molecule has 0 radical (unpaired) electrons. The molecule has 9 atom stereocenters. The summed E-state index contributed by atoms with van der Waals surface area (Å²) in [4.78, 5) is 35.5. The van der Waals surface area contributed by atoms with E-state index < -0.39 is 42.1 Å². The minimum atomic E-state index is -1.20. The van der Waals surface area contributed by atoms with Crippen LogP contribution in [-0.2, 0) is 23.9 Å². The van der Waals surface area contributed by atoms with Crippen LogP contribution in [-0.4, -0.2) is 63.6 Å². The van der Waals surface area contributed by atoms with Gasteiger partial charge in [-0.3, -0.25) is 14.4 Å². The SMILES string of the molecule is CCCC1O[C@@H]2C[C@H]3[C@@H]4CCC5=CC(=O)C=C[C@]5(C)[C@H]4[C@@H](O)C[C@]3(C)[C@]2(C(=O)CO)O1.CCCCCCCCC=CCCCCCCCC(=O)O. The summed E-state index contributed by atoms with van der Waals surface area (Å²) in [6, 6.07) is 0. The third kappa shape index (κ3) is 9.34. The molecular weight excluding hydrogens is 644 g/mol. The number of rotatable bonds is 19. The lowest BCUT2D eigenvalue weighted by molar-refractivity contribution is -0.200. The highest BCUT2D eigenvalue weighted by atomic mass is 16.7. The molecule has 288 valence electrons. The van der Waals surface area contributed by atoms with Gasteiger partial charge in [-0.25, -0.2) is 0 Å². The van der Waals surface area contributed by atoms with Gasteiger partial charge in [0.25, 0.3) is 0 Å². The topological polar surface area (TPSA) is 130 Å². The van der Waals surface area contributed by atoms with E-state index in [9.17, 15) is 24.6 Å². The Morgan fingerprint density at radius 3 is 2.22 bits per heavy atom. The first-order valence-corrected chi connectivity index (χ1v) is 20.4. The fourth-order valence-corrected chi connectivity index (χ4v) is 10.5. The number of aliphatic hydroxyl groups is 2. The molecular formula is C43H68O8. The highest BCUT2D eigenvalue weighted by Crippen LogP contribution is 2.69. The Kier molecular flexibility index (Phi) is 15.7. The van der Waals surface area contributed by atoms with Crippen molar-refractivity contribution in [3.05, 3.63) is 36.0 Å². The van der Waals surface area contributed by atoms with E-state index in [-0.39, 0.29) is 34.7 Å². The molecule has 0 aromatic heterocycles. The quantitative estimate of drug-likeness (QED) is 0.0895. The number of Topliss-reactive ketones (excluding diaryl/α,β-unsaturated/α-hetero) is 1. The molecule has 5 rings (SSSR count). The molecule has 0 aromatic rings. The third-order valence-corrected chi connectivity index (χ3v) is 13.0. The van der Waals surface area contributed by atoms with Crippen LogP contribution in [0.2, 0.25) is 0 Å². The number of ketones is 2. The van der Waals surface area contributed by atoms with Crippen molar-refractivity contribution in [2.24, 2.45) is 28.6 Å². The highest BCUT2D eigenvalue weighted by Gasteiger charge is 2.75. The lowest BCUT2D eigenvalue weighted by Crippen LogP contribution is -2.63. The number of carbonyl (C=O) groups excluding carboxylic acids is 2. The number of aliphatic carboxylic acids is 1. The summed E-state index contributed by atoms with van der Waals surface area (Å²) in [7, 11) is 0. The smallest absolute Gasteiger partial charge is 0.303 e. The van der Waals surface area contributed by atoms with E-state index in [0.29, 0.717) is 25.7 Å². The molecule has 0 amide bonds. The maximum Gasteiger partial charge on any atom is 0.303 e. The van der Waals surface area contributed by atoms with Crippen molar-refractivity contribution in [3.8, 4) is 0 Å². The molecule has 0 aromatic carbocycles. The fourth-order valence-electron chi connectivity index (χ4n) is 10.5. The number of ether oxygens (including phenoxy) is 2. The number of allylic oxidation sites excluding steroid dienone is 6. The van der Waals surface area contributed by atoms with Crippen LogP contribution in [0, 0.1) is 28.6 Å². The molecule has 8 nitrogen and oxygen atoms in total. The molecule has 1 aliphatic heterocycles. The van der Waals surface area contributed by atoms with Crippen molar-refractivity contribution in [2.45, 2.75) is 180 Å². The van der Waals surface area contributed by atoms with Crippen molar-refractivity contribution in [2.75, 3.05) is 6.61 Å². The Bertz CT molecular complexity index is 1250. The summed E-state index contributed by atoms with van der Waals surface area (Å²) in [6.45, 7) is 7.93. The summed E-state index contributed by atoms with van der Waals surface area (Å²) < 4.78 is 12.7. The summed E-state index contributed by atoms with van der Waals surface area (Å²) in [6.07, 6.45) is 29.6. The largest absolute Gasteiger partial charge is 0.481 e. The molecule has 0 spiro atoms. The van der Waals surface area contributed by atoms with Gasteiger partial charge in [0.15, 0.2) is 23.5 Å². The maximum absolute atomic E-state index is 13.2.